The number of nitrogens with zero attached hydrogens (tertiary/aromatic N) is 1. The van der Waals surface area contributed by atoms with Crippen molar-refractivity contribution in [3.63, 3.8) is 0 Å². The van der Waals surface area contributed by atoms with Gasteiger partial charge in [-0.25, -0.2) is 4.39 Å². The number of nitrogen functional groups attached to an aromatic ring is 1. The van der Waals surface area contributed by atoms with Crippen LogP contribution < -0.4 is 10.5 Å². The lowest BCUT2D eigenvalue weighted by Crippen LogP contribution is -1.88. The number of nitrogens with two attached hydrogens (primary N) is 1. The lowest BCUT2D eigenvalue weighted by molar-refractivity contribution is 0.404. The largest absolute Gasteiger partial charge is 0.496 e. The van der Waals surface area contributed by atoms with Crippen molar-refractivity contribution in [2.24, 2.45) is 0 Å². The number of halogens is 1. The SMILES string of the molecule is COc1cc(F)ccc1-c1cc(N)no1. The Morgan fingerprint density at radius 2 is 2.20 bits per heavy atom. The second-order valence-corrected chi connectivity index (χ2v) is 2.96. The molecule has 5 heteroatoms. The molecule has 0 saturated carbocycles. The minimum atomic E-state index is -0.372. The Morgan fingerprint density at radius 3 is 2.80 bits per heavy atom. The van der Waals surface area contributed by atoms with E-state index in [0.717, 1.165) is 0 Å². The number of ether oxygens (including phenoxy) is 1. The highest BCUT2D eigenvalue weighted by atomic mass is 19.1. The topological polar surface area (TPSA) is 61.3 Å². The zero-order chi connectivity index (χ0) is 10.8. The first kappa shape index (κ1) is 9.51. The van der Waals surface area contributed by atoms with Crippen molar-refractivity contribution in [3.05, 3.63) is 30.1 Å². The van der Waals surface area contributed by atoms with Crippen LogP contribution in [-0.2, 0) is 0 Å². The maximum Gasteiger partial charge on any atom is 0.172 e. The average Bonchev–Trinajstić information content (AvgIpc) is 2.64. The van der Waals surface area contributed by atoms with Crippen LogP contribution in [0, 0.1) is 5.82 Å². The molecule has 2 aromatic rings. The quantitative estimate of drug-likeness (QED) is 0.820. The van der Waals surface area contributed by atoms with Gasteiger partial charge in [-0.2, -0.15) is 0 Å². The predicted octanol–water partition coefficient (Wildman–Crippen LogP) is 2.07. The third-order valence-corrected chi connectivity index (χ3v) is 1.96. The van der Waals surface area contributed by atoms with Gasteiger partial charge in [0.2, 0.25) is 0 Å². The van der Waals surface area contributed by atoms with Crippen LogP contribution in [0.5, 0.6) is 5.75 Å². The highest BCUT2D eigenvalue weighted by molar-refractivity contribution is 5.67. The summed E-state index contributed by atoms with van der Waals surface area (Å²) in [7, 11) is 1.46. The Labute approximate surface area is 85.4 Å². The summed E-state index contributed by atoms with van der Waals surface area (Å²) in [4.78, 5) is 0. The fourth-order valence-electron chi connectivity index (χ4n) is 1.28. The summed E-state index contributed by atoms with van der Waals surface area (Å²) in [6.45, 7) is 0. The molecule has 0 aliphatic heterocycles. The number of methoxy groups -OCH3 is 1. The number of hydrogen-bond acceptors (Lipinski definition) is 4. The third kappa shape index (κ3) is 1.76. The summed E-state index contributed by atoms with van der Waals surface area (Å²) in [5.41, 5.74) is 6.03. The summed E-state index contributed by atoms with van der Waals surface area (Å²) in [5, 5.41) is 3.54. The van der Waals surface area contributed by atoms with Gasteiger partial charge in [-0.15, -0.1) is 0 Å². The van der Waals surface area contributed by atoms with Gasteiger partial charge in [-0.1, -0.05) is 5.16 Å². The van der Waals surface area contributed by atoms with Gasteiger partial charge in [0.1, 0.15) is 11.6 Å². The van der Waals surface area contributed by atoms with E-state index in [1.807, 2.05) is 0 Å². The van der Waals surface area contributed by atoms with E-state index in [-0.39, 0.29) is 11.6 Å². The highest BCUT2D eigenvalue weighted by Crippen LogP contribution is 2.31. The maximum atomic E-state index is 12.9. The molecule has 0 bridgehead atoms. The fraction of sp³-hybridized carbons (Fsp3) is 0.100. The van der Waals surface area contributed by atoms with E-state index in [4.69, 9.17) is 15.0 Å². The van der Waals surface area contributed by atoms with Gasteiger partial charge >= 0.3 is 0 Å². The van der Waals surface area contributed by atoms with Gasteiger partial charge < -0.3 is 15.0 Å². The predicted molar refractivity (Wildman–Crippen MR) is 52.9 cm³/mol. The standard InChI is InChI=1S/C10H9FN2O2/c1-14-8-4-6(11)2-3-7(8)9-5-10(12)13-15-9/h2-5H,1H3,(H2,12,13). The Kier molecular flexibility index (Phi) is 2.29. The molecule has 0 saturated heterocycles. The van der Waals surface area contributed by atoms with E-state index < -0.39 is 0 Å². The smallest absolute Gasteiger partial charge is 0.172 e. The van der Waals surface area contributed by atoms with E-state index in [2.05, 4.69) is 5.16 Å². The van der Waals surface area contributed by atoms with Crippen LogP contribution in [0.1, 0.15) is 0 Å². The van der Waals surface area contributed by atoms with Crippen molar-refractivity contribution in [1.82, 2.24) is 5.16 Å². The molecular weight excluding hydrogens is 199 g/mol. The maximum absolute atomic E-state index is 12.9. The number of rotatable bonds is 2. The van der Waals surface area contributed by atoms with E-state index in [1.165, 1.54) is 19.2 Å². The van der Waals surface area contributed by atoms with Crippen molar-refractivity contribution in [2.75, 3.05) is 12.8 Å². The Hall–Kier alpha value is -2.04. The second kappa shape index (κ2) is 3.61. The molecule has 1 heterocycles. The molecule has 1 aromatic carbocycles. The molecule has 2 rings (SSSR count). The lowest BCUT2D eigenvalue weighted by Gasteiger charge is -2.04. The fourth-order valence-corrected chi connectivity index (χ4v) is 1.28. The van der Waals surface area contributed by atoms with Crippen LogP contribution in [0.2, 0.25) is 0 Å². The van der Waals surface area contributed by atoms with E-state index in [0.29, 0.717) is 17.1 Å². The van der Waals surface area contributed by atoms with Gasteiger partial charge in [0.15, 0.2) is 11.6 Å². The van der Waals surface area contributed by atoms with Crippen molar-refractivity contribution in [1.29, 1.82) is 0 Å². The van der Waals surface area contributed by atoms with E-state index in [9.17, 15) is 4.39 Å². The first-order valence-electron chi connectivity index (χ1n) is 4.27. The number of anilines is 1. The first-order valence-corrected chi connectivity index (χ1v) is 4.27. The van der Waals surface area contributed by atoms with Crippen LogP contribution in [0.25, 0.3) is 11.3 Å². The molecule has 0 atom stereocenters. The molecule has 0 fully saturated rings. The molecule has 0 unspecified atom stereocenters. The molecule has 0 amide bonds. The van der Waals surface area contributed by atoms with Gasteiger partial charge in [0.05, 0.1) is 12.7 Å². The average molecular weight is 208 g/mol. The van der Waals surface area contributed by atoms with Crippen molar-refractivity contribution < 1.29 is 13.7 Å². The van der Waals surface area contributed by atoms with Crippen LogP contribution in [0.15, 0.2) is 28.8 Å². The number of aromatic nitrogens is 1. The van der Waals surface area contributed by atoms with Crippen molar-refractivity contribution in [3.8, 4) is 17.1 Å². The monoisotopic (exact) mass is 208 g/mol. The van der Waals surface area contributed by atoms with Gasteiger partial charge in [0, 0.05) is 12.1 Å². The Bertz CT molecular complexity index is 482. The zero-order valence-electron chi connectivity index (χ0n) is 8.03. The van der Waals surface area contributed by atoms with E-state index in [1.54, 1.807) is 12.1 Å². The summed E-state index contributed by atoms with van der Waals surface area (Å²) in [6.07, 6.45) is 0. The lowest BCUT2D eigenvalue weighted by atomic mass is 10.1. The summed E-state index contributed by atoms with van der Waals surface area (Å²) >= 11 is 0. The minimum Gasteiger partial charge on any atom is -0.496 e. The molecule has 4 nitrogen and oxygen atoms in total. The molecule has 15 heavy (non-hydrogen) atoms. The summed E-state index contributed by atoms with van der Waals surface area (Å²) < 4.78 is 22.9. The van der Waals surface area contributed by atoms with Gasteiger partial charge in [-0.05, 0) is 12.1 Å². The van der Waals surface area contributed by atoms with Crippen LogP contribution >= 0.6 is 0 Å². The second-order valence-electron chi connectivity index (χ2n) is 2.96. The molecule has 0 spiro atoms. The summed E-state index contributed by atoms with van der Waals surface area (Å²) in [5.74, 6) is 0.731. The Morgan fingerprint density at radius 1 is 1.40 bits per heavy atom. The molecule has 2 N–H and O–H groups in total. The zero-order valence-corrected chi connectivity index (χ0v) is 8.03. The van der Waals surface area contributed by atoms with Crippen LogP contribution in [0.3, 0.4) is 0 Å². The molecule has 1 aromatic heterocycles. The molecular formula is C10H9FN2O2. The van der Waals surface area contributed by atoms with Gasteiger partial charge in [0.25, 0.3) is 0 Å². The number of benzene rings is 1. The molecule has 0 aliphatic rings. The van der Waals surface area contributed by atoms with E-state index >= 15 is 0 Å². The normalized spacial score (nSPS) is 10.3. The van der Waals surface area contributed by atoms with Crippen molar-refractivity contribution in [2.45, 2.75) is 0 Å². The Balaban J connectivity index is 2.52. The molecule has 0 aliphatic carbocycles. The van der Waals surface area contributed by atoms with Crippen LogP contribution in [0.4, 0.5) is 10.2 Å². The van der Waals surface area contributed by atoms with Crippen LogP contribution in [-0.4, -0.2) is 12.3 Å². The van der Waals surface area contributed by atoms with Crippen molar-refractivity contribution >= 4 is 5.82 Å². The highest BCUT2D eigenvalue weighted by Gasteiger charge is 2.11. The number of hydrogen-bond donors (Lipinski definition) is 1. The summed E-state index contributed by atoms with van der Waals surface area (Å²) in [6, 6.07) is 5.69. The third-order valence-electron chi connectivity index (χ3n) is 1.96. The molecule has 78 valence electrons. The minimum absolute atomic E-state index is 0.274. The first-order chi connectivity index (χ1) is 7.20. The van der Waals surface area contributed by atoms with Gasteiger partial charge in [-0.3, -0.25) is 0 Å². The molecule has 0 radical (unpaired) electrons.